The van der Waals surface area contributed by atoms with Crippen LogP contribution in [0.2, 0.25) is 0 Å². The van der Waals surface area contributed by atoms with Crippen molar-refractivity contribution in [1.29, 1.82) is 0 Å². The SMILES string of the molecule is CC[C@H]1OC(C)(C)O[C@@]1(C)[C@@H]1OC(=O)[C@H](C)[C@@H](O)[C@H](C)[C@@H](O[C@@H]2OC(C)CC(N3CCOCC3)C2OC(C)=O)C2(C)CC(C)C(O2)[C@@H]1C. The molecule has 276 valence electrons. The molecule has 0 radical (unpaired) electrons. The number of hydrogen-bond donors (Lipinski definition) is 1. The highest BCUT2D eigenvalue weighted by molar-refractivity contribution is 5.73. The number of carbonyl (C=O) groups is 2. The average molecular weight is 684 g/mol. The largest absolute Gasteiger partial charge is 0.459 e. The minimum atomic E-state index is -1.14. The van der Waals surface area contributed by atoms with Crippen molar-refractivity contribution in [3.05, 3.63) is 0 Å². The minimum absolute atomic E-state index is 0.0501. The zero-order valence-corrected chi connectivity index (χ0v) is 30.9. The summed E-state index contributed by atoms with van der Waals surface area (Å²) in [6.45, 7) is 23.5. The molecular formula is C36H61NO11. The number of ether oxygens (including phenoxy) is 8. The van der Waals surface area contributed by atoms with E-state index in [1.807, 2.05) is 55.4 Å². The molecule has 5 aliphatic rings. The Morgan fingerprint density at radius 1 is 1.02 bits per heavy atom. The summed E-state index contributed by atoms with van der Waals surface area (Å²) in [5.74, 6) is -3.50. The number of cyclic esters (lactones) is 1. The van der Waals surface area contributed by atoms with Gasteiger partial charge in [-0.2, -0.15) is 0 Å². The van der Waals surface area contributed by atoms with Gasteiger partial charge in [0.1, 0.15) is 11.7 Å². The summed E-state index contributed by atoms with van der Waals surface area (Å²) < 4.78 is 51.3. The van der Waals surface area contributed by atoms with E-state index >= 15 is 0 Å². The summed E-state index contributed by atoms with van der Waals surface area (Å²) in [5.41, 5.74) is -1.83. The maximum atomic E-state index is 14.0. The summed E-state index contributed by atoms with van der Waals surface area (Å²) in [4.78, 5) is 28.7. The van der Waals surface area contributed by atoms with Crippen molar-refractivity contribution in [2.75, 3.05) is 26.3 Å². The number of hydrogen-bond acceptors (Lipinski definition) is 12. The Labute approximate surface area is 286 Å². The lowest BCUT2D eigenvalue weighted by Crippen LogP contribution is -2.62. The molecule has 5 aliphatic heterocycles. The summed E-state index contributed by atoms with van der Waals surface area (Å²) in [6.07, 6.45) is -3.07. The van der Waals surface area contributed by atoms with Crippen molar-refractivity contribution in [1.82, 2.24) is 4.90 Å². The fraction of sp³-hybridized carbons (Fsp3) is 0.944. The summed E-state index contributed by atoms with van der Waals surface area (Å²) in [6, 6.07) is -0.140. The van der Waals surface area contributed by atoms with E-state index in [-0.39, 0.29) is 36.2 Å². The summed E-state index contributed by atoms with van der Waals surface area (Å²) >= 11 is 0. The zero-order valence-electron chi connectivity index (χ0n) is 30.9. The van der Waals surface area contributed by atoms with Crippen LogP contribution in [0.3, 0.4) is 0 Å². The van der Waals surface area contributed by atoms with Crippen LogP contribution in [0, 0.1) is 23.7 Å². The van der Waals surface area contributed by atoms with Crippen LogP contribution in [-0.2, 0) is 47.5 Å². The molecule has 12 nitrogen and oxygen atoms in total. The van der Waals surface area contributed by atoms with E-state index in [1.165, 1.54) is 6.92 Å². The number of aliphatic hydroxyl groups excluding tert-OH is 1. The van der Waals surface area contributed by atoms with Crippen molar-refractivity contribution in [3.8, 4) is 0 Å². The highest BCUT2D eigenvalue weighted by atomic mass is 16.8. The van der Waals surface area contributed by atoms with Gasteiger partial charge in [0.05, 0.1) is 61.3 Å². The highest BCUT2D eigenvalue weighted by Crippen LogP contribution is 2.50. The standard InChI is InChI=1S/C36H61NO11/c1-12-26-36(11,48-34(8,9)46-26)31-23(6)28-19(2)18-35(10,47-28)30(21(4)27(39)22(5)32(40)44-31)45-33-29(43-24(7)38)25(17-20(3)42-33)37-13-15-41-16-14-37/h19-23,25-31,33,39H,12-18H2,1-11H3/t19?,20?,21-,22+,23-,25?,26+,27-,28?,29?,30+,31+,33-,35?,36+/m0/s1. The van der Waals surface area contributed by atoms with Crippen LogP contribution in [0.5, 0.6) is 0 Å². The highest BCUT2D eigenvalue weighted by Gasteiger charge is 2.62. The van der Waals surface area contributed by atoms with Crippen LogP contribution < -0.4 is 0 Å². The van der Waals surface area contributed by atoms with Crippen LogP contribution in [0.1, 0.15) is 95.4 Å². The fourth-order valence-electron chi connectivity index (χ4n) is 9.46. The fourth-order valence-corrected chi connectivity index (χ4v) is 9.46. The van der Waals surface area contributed by atoms with Crippen molar-refractivity contribution >= 4 is 11.9 Å². The third kappa shape index (κ3) is 7.33. The number of rotatable bonds is 6. The number of esters is 2. The first-order valence-electron chi connectivity index (χ1n) is 18.1. The Kier molecular flexibility index (Phi) is 11.3. The summed E-state index contributed by atoms with van der Waals surface area (Å²) in [5, 5.41) is 11.9. The Hall–Kier alpha value is -1.38. The molecule has 0 aromatic heterocycles. The monoisotopic (exact) mass is 683 g/mol. The van der Waals surface area contributed by atoms with Crippen LogP contribution in [0.25, 0.3) is 0 Å². The van der Waals surface area contributed by atoms with E-state index in [2.05, 4.69) is 11.8 Å². The van der Waals surface area contributed by atoms with Crippen molar-refractivity contribution in [3.63, 3.8) is 0 Å². The van der Waals surface area contributed by atoms with Gasteiger partial charge in [0.15, 0.2) is 18.2 Å². The second-order valence-electron chi connectivity index (χ2n) is 16.0. The van der Waals surface area contributed by atoms with E-state index in [0.29, 0.717) is 45.6 Å². The number of aliphatic hydroxyl groups is 1. The van der Waals surface area contributed by atoms with Gasteiger partial charge in [-0.05, 0) is 66.7 Å². The van der Waals surface area contributed by atoms with Gasteiger partial charge in [-0.3, -0.25) is 14.5 Å². The molecule has 5 saturated heterocycles. The first-order chi connectivity index (χ1) is 22.4. The van der Waals surface area contributed by atoms with Gasteiger partial charge in [-0.15, -0.1) is 0 Å². The van der Waals surface area contributed by atoms with Gasteiger partial charge in [0.25, 0.3) is 0 Å². The molecule has 12 heteroatoms. The molecule has 6 unspecified atom stereocenters. The first kappa shape index (κ1) is 37.9. The second kappa shape index (κ2) is 14.3. The molecule has 5 heterocycles. The molecule has 5 rings (SSSR count). The molecule has 0 spiro atoms. The molecule has 0 amide bonds. The zero-order chi connectivity index (χ0) is 35.3. The van der Waals surface area contributed by atoms with Crippen molar-refractivity contribution in [2.24, 2.45) is 23.7 Å². The van der Waals surface area contributed by atoms with Gasteiger partial charge in [0.2, 0.25) is 0 Å². The predicted molar refractivity (Wildman–Crippen MR) is 175 cm³/mol. The quantitative estimate of drug-likeness (QED) is 0.408. The summed E-state index contributed by atoms with van der Waals surface area (Å²) in [7, 11) is 0. The Bertz CT molecular complexity index is 1150. The van der Waals surface area contributed by atoms with E-state index in [1.54, 1.807) is 6.92 Å². The molecule has 48 heavy (non-hydrogen) atoms. The third-order valence-corrected chi connectivity index (χ3v) is 11.6. The Morgan fingerprint density at radius 3 is 2.31 bits per heavy atom. The molecule has 0 aliphatic carbocycles. The number of nitrogens with zero attached hydrogens (tertiary/aromatic N) is 1. The van der Waals surface area contributed by atoms with E-state index < -0.39 is 71.5 Å². The topological polar surface area (TPSA) is 131 Å². The van der Waals surface area contributed by atoms with Crippen molar-refractivity contribution in [2.45, 2.75) is 167 Å². The molecule has 15 atom stereocenters. The first-order valence-corrected chi connectivity index (χ1v) is 18.1. The van der Waals surface area contributed by atoms with Gasteiger partial charge in [-0.1, -0.05) is 27.7 Å². The smallest absolute Gasteiger partial charge is 0.311 e. The van der Waals surface area contributed by atoms with E-state index in [9.17, 15) is 14.7 Å². The Morgan fingerprint density at radius 2 is 1.69 bits per heavy atom. The minimum Gasteiger partial charge on any atom is -0.459 e. The van der Waals surface area contributed by atoms with E-state index in [0.717, 1.165) is 0 Å². The predicted octanol–water partition coefficient (Wildman–Crippen LogP) is 3.84. The lowest BCUT2D eigenvalue weighted by Gasteiger charge is -2.48. The molecular weight excluding hydrogens is 622 g/mol. The molecule has 5 fully saturated rings. The van der Waals surface area contributed by atoms with Gasteiger partial charge >= 0.3 is 11.9 Å². The second-order valence-corrected chi connectivity index (χ2v) is 16.0. The van der Waals surface area contributed by atoms with Crippen LogP contribution in [0.4, 0.5) is 0 Å². The maximum Gasteiger partial charge on any atom is 0.311 e. The van der Waals surface area contributed by atoms with Crippen LogP contribution in [-0.4, -0.2) is 120 Å². The van der Waals surface area contributed by atoms with Crippen molar-refractivity contribution < 1.29 is 52.6 Å². The van der Waals surface area contributed by atoms with Crippen LogP contribution >= 0.6 is 0 Å². The normalized spacial score (nSPS) is 48.8. The lowest BCUT2D eigenvalue weighted by molar-refractivity contribution is -0.305. The van der Waals surface area contributed by atoms with Gasteiger partial charge in [-0.25, -0.2) is 0 Å². The molecule has 0 saturated carbocycles. The van der Waals surface area contributed by atoms with Gasteiger partial charge in [0, 0.05) is 31.8 Å². The third-order valence-electron chi connectivity index (χ3n) is 11.6. The average Bonchev–Trinajstić information content (AvgIpc) is 3.47. The molecule has 0 aromatic carbocycles. The molecule has 1 N–H and O–H groups in total. The number of morpholine rings is 1. The Balaban J connectivity index is 1.51. The van der Waals surface area contributed by atoms with Gasteiger partial charge < -0.3 is 43.0 Å². The lowest BCUT2D eigenvalue weighted by atomic mass is 9.76. The molecule has 0 aromatic rings. The van der Waals surface area contributed by atoms with E-state index in [4.69, 9.17) is 37.9 Å². The number of fused-ring (bicyclic) bond motifs is 2. The number of carbonyl (C=O) groups excluding carboxylic acids is 2. The van der Waals surface area contributed by atoms with Crippen LogP contribution in [0.15, 0.2) is 0 Å². The maximum absolute atomic E-state index is 14.0. The molecule has 2 bridgehead atoms.